The third kappa shape index (κ3) is 2.48. The summed E-state index contributed by atoms with van der Waals surface area (Å²) in [6.07, 6.45) is 4.73. The van der Waals surface area contributed by atoms with Crippen molar-refractivity contribution in [2.24, 2.45) is 0 Å². The second kappa shape index (κ2) is 4.63. The summed E-state index contributed by atoms with van der Waals surface area (Å²) in [7, 11) is 0. The van der Waals surface area contributed by atoms with E-state index in [2.05, 4.69) is 11.4 Å². The van der Waals surface area contributed by atoms with E-state index in [-0.39, 0.29) is 11.9 Å². The van der Waals surface area contributed by atoms with Gasteiger partial charge >= 0.3 is 0 Å². The normalized spacial score (nSPS) is 24.9. The van der Waals surface area contributed by atoms with Crippen LogP contribution in [0.15, 0.2) is 0 Å². The Bertz CT molecular complexity index is 274. The number of hydrogen-bond donors (Lipinski definition) is 1. The zero-order valence-corrected chi connectivity index (χ0v) is 8.91. The third-order valence-electron chi connectivity index (χ3n) is 3.09. The van der Waals surface area contributed by atoms with Crippen molar-refractivity contribution >= 4 is 5.91 Å². The zero-order valence-electron chi connectivity index (χ0n) is 8.91. The second-order valence-electron chi connectivity index (χ2n) is 4.32. The molecule has 1 saturated carbocycles. The van der Waals surface area contributed by atoms with Crippen LogP contribution in [0.1, 0.15) is 32.1 Å². The summed E-state index contributed by atoms with van der Waals surface area (Å²) in [4.78, 5) is 14.0. The average Bonchev–Trinajstić information content (AvgIpc) is 2.94. The van der Waals surface area contributed by atoms with E-state index >= 15 is 0 Å². The van der Waals surface area contributed by atoms with Gasteiger partial charge in [0.25, 0.3) is 0 Å². The van der Waals surface area contributed by atoms with E-state index in [0.29, 0.717) is 19.0 Å². The molecular formula is C11H17N3O. The zero-order chi connectivity index (χ0) is 10.7. The summed E-state index contributed by atoms with van der Waals surface area (Å²) >= 11 is 0. The number of amides is 1. The largest absolute Gasteiger partial charge is 0.337 e. The summed E-state index contributed by atoms with van der Waals surface area (Å²) < 4.78 is 0. The fourth-order valence-electron chi connectivity index (χ4n) is 2.12. The molecule has 1 atom stereocenters. The first kappa shape index (κ1) is 10.4. The molecule has 2 aliphatic rings. The minimum absolute atomic E-state index is 0.0179. The highest BCUT2D eigenvalue weighted by molar-refractivity contribution is 5.82. The van der Waals surface area contributed by atoms with Crippen LogP contribution in [0.2, 0.25) is 0 Å². The number of nitriles is 1. The first-order valence-corrected chi connectivity index (χ1v) is 5.73. The minimum Gasteiger partial charge on any atom is -0.337 e. The molecule has 1 amide bonds. The van der Waals surface area contributed by atoms with Crippen LogP contribution in [0.25, 0.3) is 0 Å². The highest BCUT2D eigenvalue weighted by Crippen LogP contribution is 2.28. The molecule has 1 aliphatic carbocycles. The lowest BCUT2D eigenvalue weighted by molar-refractivity contribution is -0.133. The Hall–Kier alpha value is -1.08. The maximum atomic E-state index is 12.1. The molecule has 1 heterocycles. The molecular weight excluding hydrogens is 190 g/mol. The maximum Gasteiger partial charge on any atom is 0.239 e. The Balaban J connectivity index is 1.91. The summed E-state index contributed by atoms with van der Waals surface area (Å²) in [6.45, 7) is 1.56. The fraction of sp³-hybridized carbons (Fsp3) is 0.818. The molecule has 1 unspecified atom stereocenters. The lowest BCUT2D eigenvalue weighted by Gasteiger charge is -2.24. The van der Waals surface area contributed by atoms with Gasteiger partial charge in [0.1, 0.15) is 0 Å². The number of carbonyl (C=O) groups is 1. The van der Waals surface area contributed by atoms with Gasteiger partial charge in [-0.05, 0) is 32.2 Å². The monoisotopic (exact) mass is 207 g/mol. The highest BCUT2D eigenvalue weighted by atomic mass is 16.2. The third-order valence-corrected chi connectivity index (χ3v) is 3.09. The molecule has 1 aliphatic heterocycles. The maximum absolute atomic E-state index is 12.1. The number of hydrogen-bond acceptors (Lipinski definition) is 3. The summed E-state index contributed by atoms with van der Waals surface area (Å²) in [5, 5.41) is 11.8. The van der Waals surface area contributed by atoms with Crippen molar-refractivity contribution in [3.63, 3.8) is 0 Å². The Morgan fingerprint density at radius 2 is 2.27 bits per heavy atom. The summed E-state index contributed by atoms with van der Waals surface area (Å²) in [6, 6.07) is 2.55. The van der Waals surface area contributed by atoms with Crippen LogP contribution in [-0.2, 0) is 4.79 Å². The lowest BCUT2D eigenvalue weighted by atomic mass is 10.2. The van der Waals surface area contributed by atoms with Crippen molar-refractivity contribution in [3.8, 4) is 6.07 Å². The van der Waals surface area contributed by atoms with Crippen molar-refractivity contribution in [3.05, 3.63) is 0 Å². The minimum atomic E-state index is 0.0179. The van der Waals surface area contributed by atoms with Gasteiger partial charge in [-0.1, -0.05) is 0 Å². The van der Waals surface area contributed by atoms with Crippen LogP contribution < -0.4 is 5.32 Å². The molecule has 1 saturated heterocycles. The van der Waals surface area contributed by atoms with Crippen molar-refractivity contribution in [1.82, 2.24) is 10.2 Å². The predicted octanol–water partition coefficient (Wildman–Crippen LogP) is 0.643. The van der Waals surface area contributed by atoms with E-state index < -0.39 is 0 Å². The molecule has 4 heteroatoms. The van der Waals surface area contributed by atoms with Crippen LogP contribution in [0, 0.1) is 11.3 Å². The lowest BCUT2D eigenvalue weighted by Crippen LogP contribution is -2.45. The van der Waals surface area contributed by atoms with Gasteiger partial charge in [-0.2, -0.15) is 5.26 Å². The van der Waals surface area contributed by atoms with Crippen molar-refractivity contribution in [2.45, 2.75) is 44.2 Å². The summed E-state index contributed by atoms with van der Waals surface area (Å²) in [5.41, 5.74) is 0. The van der Waals surface area contributed by atoms with Gasteiger partial charge in [0.15, 0.2) is 0 Å². The predicted molar refractivity (Wildman–Crippen MR) is 56.0 cm³/mol. The Morgan fingerprint density at radius 3 is 2.80 bits per heavy atom. The Labute approximate surface area is 90.2 Å². The van der Waals surface area contributed by atoms with Crippen molar-refractivity contribution in [2.75, 3.05) is 13.1 Å². The van der Waals surface area contributed by atoms with E-state index in [1.54, 1.807) is 0 Å². The molecule has 0 radical (unpaired) electrons. The van der Waals surface area contributed by atoms with E-state index in [1.807, 2.05) is 4.90 Å². The SMILES string of the molecule is N#CCCN(C(=O)C1CCCN1)C1CC1. The molecule has 0 aromatic carbocycles. The second-order valence-corrected chi connectivity index (χ2v) is 4.32. The molecule has 4 nitrogen and oxygen atoms in total. The first-order valence-electron chi connectivity index (χ1n) is 5.73. The van der Waals surface area contributed by atoms with E-state index in [9.17, 15) is 4.79 Å². The molecule has 1 N–H and O–H groups in total. The van der Waals surface area contributed by atoms with Crippen LogP contribution in [0.5, 0.6) is 0 Å². The van der Waals surface area contributed by atoms with Gasteiger partial charge in [0, 0.05) is 12.6 Å². The van der Waals surface area contributed by atoms with Gasteiger partial charge in [0.2, 0.25) is 5.91 Å². The van der Waals surface area contributed by atoms with Gasteiger partial charge in [0.05, 0.1) is 18.5 Å². The molecule has 82 valence electrons. The topological polar surface area (TPSA) is 56.1 Å². The Kier molecular flexibility index (Phi) is 3.22. The van der Waals surface area contributed by atoms with E-state index in [4.69, 9.17) is 5.26 Å². The van der Waals surface area contributed by atoms with Gasteiger partial charge in [-0.15, -0.1) is 0 Å². The van der Waals surface area contributed by atoms with E-state index in [0.717, 1.165) is 32.2 Å². The van der Waals surface area contributed by atoms with Crippen LogP contribution in [-0.4, -0.2) is 36.0 Å². The number of rotatable bonds is 4. The quantitative estimate of drug-likeness (QED) is 0.736. The number of nitrogens with one attached hydrogen (secondary N) is 1. The Morgan fingerprint density at radius 1 is 1.47 bits per heavy atom. The van der Waals surface area contributed by atoms with Crippen molar-refractivity contribution in [1.29, 1.82) is 5.26 Å². The molecule has 0 aromatic heterocycles. The molecule has 0 bridgehead atoms. The number of carbonyl (C=O) groups excluding carboxylic acids is 1. The average molecular weight is 207 g/mol. The molecule has 2 rings (SSSR count). The van der Waals surface area contributed by atoms with Gasteiger partial charge in [-0.3, -0.25) is 4.79 Å². The van der Waals surface area contributed by atoms with Crippen molar-refractivity contribution < 1.29 is 4.79 Å². The fourth-order valence-corrected chi connectivity index (χ4v) is 2.12. The van der Waals surface area contributed by atoms with Crippen LogP contribution >= 0.6 is 0 Å². The van der Waals surface area contributed by atoms with Gasteiger partial charge < -0.3 is 10.2 Å². The summed E-state index contributed by atoms with van der Waals surface area (Å²) in [5.74, 6) is 0.213. The highest BCUT2D eigenvalue weighted by Gasteiger charge is 2.36. The van der Waals surface area contributed by atoms with E-state index in [1.165, 1.54) is 0 Å². The standard InChI is InChI=1S/C11H17N3O/c12-6-2-8-14(9-4-5-9)11(15)10-3-1-7-13-10/h9-10,13H,1-5,7-8H2. The molecule has 0 aromatic rings. The first-order chi connectivity index (χ1) is 7.33. The van der Waals surface area contributed by atoms with Crippen LogP contribution in [0.4, 0.5) is 0 Å². The number of nitrogens with zero attached hydrogens (tertiary/aromatic N) is 2. The molecule has 0 spiro atoms. The van der Waals surface area contributed by atoms with Gasteiger partial charge in [-0.25, -0.2) is 0 Å². The smallest absolute Gasteiger partial charge is 0.239 e. The molecule has 2 fully saturated rings. The molecule has 15 heavy (non-hydrogen) atoms. The van der Waals surface area contributed by atoms with Crippen LogP contribution in [0.3, 0.4) is 0 Å².